The summed E-state index contributed by atoms with van der Waals surface area (Å²) in [5.41, 5.74) is 2.70. The zero-order valence-corrected chi connectivity index (χ0v) is 16.6. The minimum atomic E-state index is -0.512. The van der Waals surface area contributed by atoms with Crippen LogP contribution in [0.15, 0.2) is 77.7 Å². The molecule has 2 heterocycles. The number of urea groups is 1. The van der Waals surface area contributed by atoms with E-state index in [1.165, 1.54) is 28.7 Å². The van der Waals surface area contributed by atoms with Crippen LogP contribution in [0.1, 0.15) is 11.3 Å². The fraction of sp³-hybridized carbons (Fsp3) is 0.0870. The van der Waals surface area contributed by atoms with Gasteiger partial charge in [-0.25, -0.2) is 14.2 Å². The highest BCUT2D eigenvalue weighted by atomic mass is 19.1. The van der Waals surface area contributed by atoms with E-state index < -0.39 is 11.8 Å². The van der Waals surface area contributed by atoms with Gasteiger partial charge >= 0.3 is 6.03 Å². The first-order chi connectivity index (χ1) is 15.0. The second kappa shape index (κ2) is 8.66. The molecule has 0 radical (unpaired) electrons. The van der Waals surface area contributed by atoms with Gasteiger partial charge in [-0.05, 0) is 55.0 Å². The Morgan fingerprint density at radius 3 is 2.55 bits per heavy atom. The Balaban J connectivity index is 1.42. The first kappa shape index (κ1) is 20.1. The summed E-state index contributed by atoms with van der Waals surface area (Å²) in [6.07, 6.45) is 1.69. The molecule has 4 aromatic rings. The molecular weight excluding hydrogens is 399 g/mol. The minimum absolute atomic E-state index is 0.0959. The molecule has 156 valence electrons. The van der Waals surface area contributed by atoms with Crippen molar-refractivity contribution in [2.45, 2.75) is 13.5 Å². The van der Waals surface area contributed by atoms with Crippen molar-refractivity contribution in [1.29, 1.82) is 0 Å². The van der Waals surface area contributed by atoms with E-state index in [1.807, 2.05) is 19.1 Å². The smallest absolute Gasteiger partial charge is 0.323 e. The van der Waals surface area contributed by atoms with Crippen LogP contribution in [0.3, 0.4) is 0 Å². The molecule has 0 aliphatic carbocycles. The second-order valence-electron chi connectivity index (χ2n) is 6.92. The fourth-order valence-corrected chi connectivity index (χ4v) is 3.01. The molecule has 0 aliphatic rings. The number of nitrogens with one attached hydrogen (secondary N) is 2. The maximum atomic E-state index is 13.2. The number of nitrogens with zero attached hydrogens (tertiary/aromatic N) is 2. The number of carbonyl (C=O) groups excluding carboxylic acids is 1. The maximum absolute atomic E-state index is 13.2. The summed E-state index contributed by atoms with van der Waals surface area (Å²) in [7, 11) is 0. The summed E-state index contributed by atoms with van der Waals surface area (Å²) < 4.78 is 20.5. The molecule has 8 heteroatoms. The van der Waals surface area contributed by atoms with Gasteiger partial charge in [0.1, 0.15) is 23.8 Å². The van der Waals surface area contributed by atoms with Crippen LogP contribution in [-0.2, 0) is 6.61 Å². The SMILES string of the molecule is Cc1ccn2c(=O)cc(COc3cccc(NC(=O)Nc4cccc(F)c4)c3)nc2c1. The number of aryl methyl sites for hydroxylation is 1. The largest absolute Gasteiger partial charge is 0.487 e. The molecule has 4 rings (SSSR count). The van der Waals surface area contributed by atoms with E-state index in [1.54, 1.807) is 36.5 Å². The van der Waals surface area contributed by atoms with Crippen molar-refractivity contribution >= 4 is 23.1 Å². The van der Waals surface area contributed by atoms with Crippen LogP contribution >= 0.6 is 0 Å². The normalized spacial score (nSPS) is 10.6. The summed E-state index contributed by atoms with van der Waals surface area (Å²) in [4.78, 5) is 28.9. The summed E-state index contributed by atoms with van der Waals surface area (Å²) >= 11 is 0. The molecule has 0 aliphatic heterocycles. The number of hydrogen-bond acceptors (Lipinski definition) is 4. The van der Waals surface area contributed by atoms with Gasteiger partial charge in [0.15, 0.2) is 0 Å². The van der Waals surface area contributed by atoms with E-state index in [0.29, 0.717) is 28.5 Å². The molecule has 2 N–H and O–H groups in total. The predicted octanol–water partition coefficient (Wildman–Crippen LogP) is 4.37. The van der Waals surface area contributed by atoms with Crippen molar-refractivity contribution in [1.82, 2.24) is 9.38 Å². The van der Waals surface area contributed by atoms with E-state index >= 15 is 0 Å². The maximum Gasteiger partial charge on any atom is 0.323 e. The van der Waals surface area contributed by atoms with Crippen LogP contribution in [0.2, 0.25) is 0 Å². The highest BCUT2D eigenvalue weighted by molar-refractivity contribution is 5.99. The van der Waals surface area contributed by atoms with Crippen molar-refractivity contribution in [2.75, 3.05) is 10.6 Å². The average molecular weight is 418 g/mol. The first-order valence-corrected chi connectivity index (χ1v) is 9.52. The number of anilines is 2. The minimum Gasteiger partial charge on any atom is -0.487 e. The number of pyridine rings is 1. The third kappa shape index (κ3) is 5.05. The lowest BCUT2D eigenvalue weighted by Crippen LogP contribution is -2.19. The van der Waals surface area contributed by atoms with Crippen LogP contribution in [0.4, 0.5) is 20.6 Å². The van der Waals surface area contributed by atoms with Crippen molar-refractivity contribution < 1.29 is 13.9 Å². The third-order valence-corrected chi connectivity index (χ3v) is 4.44. The Hall–Kier alpha value is -4.20. The Bertz CT molecular complexity index is 1320. The van der Waals surface area contributed by atoms with E-state index in [-0.39, 0.29) is 12.2 Å². The molecular formula is C23H19FN4O3. The lowest BCUT2D eigenvalue weighted by atomic mass is 10.3. The van der Waals surface area contributed by atoms with E-state index in [9.17, 15) is 14.0 Å². The number of rotatable bonds is 5. The van der Waals surface area contributed by atoms with Gasteiger partial charge in [0, 0.05) is 29.7 Å². The van der Waals surface area contributed by atoms with Crippen LogP contribution in [0.25, 0.3) is 5.65 Å². The highest BCUT2D eigenvalue weighted by Gasteiger charge is 2.07. The van der Waals surface area contributed by atoms with Gasteiger partial charge in [-0.1, -0.05) is 12.1 Å². The number of halogens is 1. The number of benzene rings is 2. The zero-order chi connectivity index (χ0) is 21.8. The van der Waals surface area contributed by atoms with Gasteiger partial charge in [0.25, 0.3) is 5.56 Å². The molecule has 0 saturated heterocycles. The van der Waals surface area contributed by atoms with E-state index in [0.717, 1.165) is 5.56 Å². The van der Waals surface area contributed by atoms with E-state index in [2.05, 4.69) is 15.6 Å². The molecule has 0 bridgehead atoms. The third-order valence-electron chi connectivity index (χ3n) is 4.44. The van der Waals surface area contributed by atoms with Crippen LogP contribution in [0.5, 0.6) is 5.75 Å². The number of ether oxygens (including phenoxy) is 1. The number of amides is 2. The molecule has 2 aromatic carbocycles. The molecule has 0 saturated carbocycles. The van der Waals surface area contributed by atoms with Crippen LogP contribution in [-0.4, -0.2) is 15.4 Å². The Kier molecular flexibility index (Phi) is 5.61. The molecule has 2 aromatic heterocycles. The molecule has 0 atom stereocenters. The summed E-state index contributed by atoms with van der Waals surface area (Å²) in [6, 6.07) is 17.0. The quantitative estimate of drug-likeness (QED) is 0.504. The molecule has 0 unspecified atom stereocenters. The molecule has 31 heavy (non-hydrogen) atoms. The van der Waals surface area contributed by atoms with Gasteiger partial charge in [-0.2, -0.15) is 0 Å². The monoisotopic (exact) mass is 418 g/mol. The molecule has 0 spiro atoms. The first-order valence-electron chi connectivity index (χ1n) is 9.52. The van der Waals surface area contributed by atoms with Gasteiger partial charge in [0.2, 0.25) is 0 Å². The predicted molar refractivity (Wildman–Crippen MR) is 116 cm³/mol. The lowest BCUT2D eigenvalue weighted by molar-refractivity contribution is 0.262. The number of hydrogen-bond donors (Lipinski definition) is 2. The summed E-state index contributed by atoms with van der Waals surface area (Å²) in [6.45, 7) is 2.02. The summed E-state index contributed by atoms with van der Waals surface area (Å²) in [5.74, 6) is 0.0556. The van der Waals surface area contributed by atoms with Crippen molar-refractivity contribution in [2.24, 2.45) is 0 Å². The van der Waals surface area contributed by atoms with Gasteiger partial charge in [-0.15, -0.1) is 0 Å². The van der Waals surface area contributed by atoms with Crippen molar-refractivity contribution in [3.63, 3.8) is 0 Å². The average Bonchev–Trinajstić information content (AvgIpc) is 2.72. The topological polar surface area (TPSA) is 84.7 Å². The van der Waals surface area contributed by atoms with Gasteiger partial charge < -0.3 is 15.4 Å². The van der Waals surface area contributed by atoms with Crippen molar-refractivity contribution in [3.8, 4) is 5.75 Å². The number of aromatic nitrogens is 2. The summed E-state index contributed by atoms with van der Waals surface area (Å²) in [5, 5.41) is 5.22. The lowest BCUT2D eigenvalue weighted by Gasteiger charge is -2.10. The number of fused-ring (bicyclic) bond motifs is 1. The molecule has 7 nitrogen and oxygen atoms in total. The van der Waals surface area contributed by atoms with Crippen LogP contribution < -0.4 is 20.9 Å². The second-order valence-corrected chi connectivity index (χ2v) is 6.92. The Morgan fingerprint density at radius 1 is 1.03 bits per heavy atom. The van der Waals surface area contributed by atoms with Crippen molar-refractivity contribution in [3.05, 3.63) is 100 Å². The Labute approximate surface area is 177 Å². The zero-order valence-electron chi connectivity index (χ0n) is 16.6. The molecule has 0 fully saturated rings. The standard InChI is InChI=1S/C23H19FN4O3/c1-15-8-9-28-21(10-15)25-19(13-22(28)29)14-31-20-7-3-6-18(12-20)27-23(30)26-17-5-2-4-16(24)11-17/h2-13H,14H2,1H3,(H2,26,27,30). The number of carbonyl (C=O) groups is 1. The van der Waals surface area contributed by atoms with E-state index in [4.69, 9.17) is 4.74 Å². The van der Waals surface area contributed by atoms with Gasteiger partial charge in [0.05, 0.1) is 5.69 Å². The Morgan fingerprint density at radius 2 is 1.77 bits per heavy atom. The fourth-order valence-electron chi connectivity index (χ4n) is 3.01. The highest BCUT2D eigenvalue weighted by Crippen LogP contribution is 2.19. The van der Waals surface area contributed by atoms with Crippen LogP contribution in [0, 0.1) is 12.7 Å². The van der Waals surface area contributed by atoms with Gasteiger partial charge in [-0.3, -0.25) is 9.20 Å². The molecule has 2 amide bonds.